The van der Waals surface area contributed by atoms with E-state index in [4.69, 9.17) is 4.42 Å². The summed E-state index contributed by atoms with van der Waals surface area (Å²) in [4.78, 5) is 24.7. The van der Waals surface area contributed by atoms with E-state index < -0.39 is 11.7 Å². The summed E-state index contributed by atoms with van der Waals surface area (Å²) in [6, 6.07) is 16.2. The highest BCUT2D eigenvalue weighted by Crippen LogP contribution is 2.24. The molecule has 2 aromatic heterocycles. The third kappa shape index (κ3) is 5.70. The van der Waals surface area contributed by atoms with Crippen LogP contribution in [-0.2, 0) is 17.9 Å². The molecule has 2 heterocycles. The van der Waals surface area contributed by atoms with Gasteiger partial charge >= 0.3 is 0 Å². The molecular formula is C24H22FN5O3S. The maximum atomic E-state index is 13.4. The zero-order valence-corrected chi connectivity index (χ0v) is 19.1. The highest BCUT2D eigenvalue weighted by atomic mass is 32.2. The summed E-state index contributed by atoms with van der Waals surface area (Å²) in [6.07, 6.45) is 1.58. The zero-order valence-electron chi connectivity index (χ0n) is 18.3. The summed E-state index contributed by atoms with van der Waals surface area (Å²) < 4.78 is 20.6. The van der Waals surface area contributed by atoms with Gasteiger partial charge in [-0.2, -0.15) is 0 Å². The molecule has 0 fully saturated rings. The molecule has 0 aliphatic rings. The number of rotatable bonds is 9. The van der Waals surface area contributed by atoms with E-state index in [1.54, 1.807) is 30.5 Å². The van der Waals surface area contributed by atoms with Crippen molar-refractivity contribution >= 4 is 29.3 Å². The van der Waals surface area contributed by atoms with Crippen molar-refractivity contribution in [1.29, 1.82) is 0 Å². The van der Waals surface area contributed by atoms with Crippen LogP contribution >= 0.6 is 11.8 Å². The lowest BCUT2D eigenvalue weighted by molar-refractivity contribution is -0.118. The van der Waals surface area contributed by atoms with Crippen LogP contribution in [0.3, 0.4) is 0 Å². The Labute approximate surface area is 199 Å². The number of halogens is 1. The molecule has 2 aromatic carbocycles. The molecule has 8 nitrogen and oxygen atoms in total. The molecular weight excluding hydrogens is 457 g/mol. The number of nitrogens with one attached hydrogen (secondary N) is 2. The van der Waals surface area contributed by atoms with Crippen LogP contribution in [0.1, 0.15) is 22.8 Å². The van der Waals surface area contributed by atoms with Gasteiger partial charge in [-0.1, -0.05) is 30.0 Å². The first-order chi connectivity index (χ1) is 16.5. The van der Waals surface area contributed by atoms with E-state index in [0.717, 1.165) is 5.56 Å². The lowest BCUT2D eigenvalue weighted by atomic mass is 10.1. The molecule has 0 saturated heterocycles. The first kappa shape index (κ1) is 23.2. The van der Waals surface area contributed by atoms with Gasteiger partial charge in [0.15, 0.2) is 16.7 Å². The van der Waals surface area contributed by atoms with Crippen LogP contribution in [0.4, 0.5) is 10.1 Å². The molecule has 0 aliphatic carbocycles. The van der Waals surface area contributed by atoms with Gasteiger partial charge in [0.2, 0.25) is 5.91 Å². The Morgan fingerprint density at radius 1 is 1.09 bits per heavy atom. The lowest BCUT2D eigenvalue weighted by Crippen LogP contribution is -2.24. The summed E-state index contributed by atoms with van der Waals surface area (Å²) in [5, 5.41) is 14.6. The van der Waals surface area contributed by atoms with Crippen molar-refractivity contribution in [3.63, 3.8) is 0 Å². The van der Waals surface area contributed by atoms with Gasteiger partial charge in [-0.25, -0.2) is 4.39 Å². The van der Waals surface area contributed by atoms with E-state index in [-0.39, 0.29) is 17.2 Å². The Bertz CT molecular complexity index is 1290. The fourth-order valence-corrected chi connectivity index (χ4v) is 4.07. The van der Waals surface area contributed by atoms with Gasteiger partial charge in [0.05, 0.1) is 12.0 Å². The Balaban J connectivity index is 1.30. The van der Waals surface area contributed by atoms with Crippen LogP contribution in [0.15, 0.2) is 76.5 Å². The number of hydrogen-bond acceptors (Lipinski definition) is 6. The SMILES string of the molecule is CCn1c(SCC(=O)NCc2cccc(NC(=O)c3cccc(F)c3)c2)nnc1-c1ccco1. The van der Waals surface area contributed by atoms with Gasteiger partial charge in [-0.3, -0.25) is 14.2 Å². The van der Waals surface area contributed by atoms with Crippen LogP contribution in [0, 0.1) is 5.82 Å². The second-order valence-corrected chi connectivity index (χ2v) is 8.20. The van der Waals surface area contributed by atoms with Crippen molar-refractivity contribution in [3.05, 3.63) is 83.9 Å². The Hall–Kier alpha value is -3.92. The second kappa shape index (κ2) is 10.8. The molecule has 0 unspecified atom stereocenters. The number of hydrogen-bond donors (Lipinski definition) is 2. The van der Waals surface area contributed by atoms with Gasteiger partial charge in [-0.15, -0.1) is 10.2 Å². The maximum Gasteiger partial charge on any atom is 0.255 e. The first-order valence-corrected chi connectivity index (χ1v) is 11.5. The molecule has 0 spiro atoms. The van der Waals surface area contributed by atoms with Gasteiger partial charge in [-0.05, 0) is 55.0 Å². The number of benzene rings is 2. The van der Waals surface area contributed by atoms with E-state index in [9.17, 15) is 14.0 Å². The standard InChI is InChI=1S/C24H22FN5O3S/c1-2-30-22(20-10-5-11-33-20)28-29-24(30)34-15-21(31)26-14-16-6-3-9-19(12-16)27-23(32)17-7-4-8-18(25)13-17/h3-13H,2,14-15H2,1H3,(H,26,31)(H,27,32). The minimum Gasteiger partial charge on any atom is -0.461 e. The van der Waals surface area contributed by atoms with Gasteiger partial charge in [0, 0.05) is 24.3 Å². The number of carbonyl (C=O) groups is 2. The van der Waals surface area contributed by atoms with Crippen molar-refractivity contribution in [3.8, 4) is 11.6 Å². The van der Waals surface area contributed by atoms with E-state index >= 15 is 0 Å². The number of carbonyl (C=O) groups excluding carboxylic acids is 2. The molecule has 0 saturated carbocycles. The quantitative estimate of drug-likeness (QED) is 0.346. The minimum atomic E-state index is -0.476. The van der Waals surface area contributed by atoms with Crippen molar-refractivity contribution in [2.45, 2.75) is 25.2 Å². The second-order valence-electron chi connectivity index (χ2n) is 7.26. The third-order valence-corrected chi connectivity index (χ3v) is 5.84. The predicted octanol–water partition coefficient (Wildman–Crippen LogP) is 4.36. The van der Waals surface area contributed by atoms with Crippen LogP contribution in [0.25, 0.3) is 11.6 Å². The largest absolute Gasteiger partial charge is 0.461 e. The number of nitrogens with zero attached hydrogens (tertiary/aromatic N) is 3. The molecule has 2 N–H and O–H groups in total. The molecule has 0 bridgehead atoms. The highest BCUT2D eigenvalue weighted by Gasteiger charge is 2.16. The number of furan rings is 1. The molecule has 0 atom stereocenters. The van der Waals surface area contributed by atoms with Crippen LogP contribution < -0.4 is 10.6 Å². The fourth-order valence-electron chi connectivity index (χ4n) is 3.24. The lowest BCUT2D eigenvalue weighted by Gasteiger charge is -2.09. The van der Waals surface area contributed by atoms with Gasteiger partial charge in [0.1, 0.15) is 5.82 Å². The summed E-state index contributed by atoms with van der Waals surface area (Å²) in [5.41, 5.74) is 1.59. The molecule has 0 radical (unpaired) electrons. The number of amides is 2. The summed E-state index contributed by atoms with van der Waals surface area (Å²) in [6.45, 7) is 2.91. The van der Waals surface area contributed by atoms with E-state index in [1.165, 1.54) is 36.0 Å². The summed E-state index contributed by atoms with van der Waals surface area (Å²) in [7, 11) is 0. The zero-order chi connectivity index (χ0) is 23.9. The Morgan fingerprint density at radius 2 is 1.94 bits per heavy atom. The van der Waals surface area contributed by atoms with E-state index in [0.29, 0.717) is 35.5 Å². The topological polar surface area (TPSA) is 102 Å². The van der Waals surface area contributed by atoms with Crippen LogP contribution in [0.2, 0.25) is 0 Å². The molecule has 0 aliphatic heterocycles. The van der Waals surface area contributed by atoms with Crippen molar-refractivity contribution < 1.29 is 18.4 Å². The Morgan fingerprint density at radius 3 is 2.71 bits per heavy atom. The molecule has 10 heteroatoms. The minimum absolute atomic E-state index is 0.163. The summed E-state index contributed by atoms with van der Waals surface area (Å²) >= 11 is 1.29. The molecule has 4 rings (SSSR count). The van der Waals surface area contributed by atoms with Crippen molar-refractivity contribution in [1.82, 2.24) is 20.1 Å². The molecule has 2 amide bonds. The maximum absolute atomic E-state index is 13.4. The highest BCUT2D eigenvalue weighted by molar-refractivity contribution is 7.99. The van der Waals surface area contributed by atoms with Crippen LogP contribution in [0.5, 0.6) is 0 Å². The van der Waals surface area contributed by atoms with Gasteiger partial charge in [0.25, 0.3) is 5.91 Å². The average molecular weight is 480 g/mol. The monoisotopic (exact) mass is 479 g/mol. The van der Waals surface area contributed by atoms with Crippen molar-refractivity contribution in [2.75, 3.05) is 11.1 Å². The van der Waals surface area contributed by atoms with Crippen LogP contribution in [-0.4, -0.2) is 32.3 Å². The third-order valence-electron chi connectivity index (χ3n) is 4.87. The summed E-state index contributed by atoms with van der Waals surface area (Å²) in [5.74, 6) is 0.362. The van der Waals surface area contributed by atoms with E-state index in [2.05, 4.69) is 20.8 Å². The average Bonchev–Trinajstić information content (AvgIpc) is 3.51. The normalized spacial score (nSPS) is 10.8. The Kier molecular flexibility index (Phi) is 7.38. The molecule has 34 heavy (non-hydrogen) atoms. The number of aromatic nitrogens is 3. The van der Waals surface area contributed by atoms with E-state index in [1.807, 2.05) is 23.6 Å². The van der Waals surface area contributed by atoms with Gasteiger partial charge < -0.3 is 15.1 Å². The van der Waals surface area contributed by atoms with Crippen molar-refractivity contribution in [2.24, 2.45) is 0 Å². The number of anilines is 1. The number of thioether (sulfide) groups is 1. The molecule has 174 valence electrons. The fraction of sp³-hybridized carbons (Fsp3) is 0.167. The smallest absolute Gasteiger partial charge is 0.255 e. The first-order valence-electron chi connectivity index (χ1n) is 10.6. The predicted molar refractivity (Wildman–Crippen MR) is 127 cm³/mol. The molecule has 4 aromatic rings.